The van der Waals surface area contributed by atoms with Gasteiger partial charge in [-0.05, 0) is 24.3 Å². The smallest absolute Gasteiger partial charge is 0.339 e. The summed E-state index contributed by atoms with van der Waals surface area (Å²) in [6, 6.07) is 12.1. The molecule has 0 spiro atoms. The summed E-state index contributed by atoms with van der Waals surface area (Å²) in [4.78, 5) is 23.9. The number of para-hydroxylation sites is 1. The van der Waals surface area contributed by atoms with Gasteiger partial charge in [-0.15, -0.1) is 0 Å². The van der Waals surface area contributed by atoms with E-state index in [-0.39, 0.29) is 12.3 Å². The number of nitrogens with one attached hydrogen (secondary N) is 2. The van der Waals surface area contributed by atoms with Gasteiger partial charge in [0, 0.05) is 24.7 Å². The molecule has 138 valence electrons. The van der Waals surface area contributed by atoms with Gasteiger partial charge in [0.05, 0.1) is 32.6 Å². The fourth-order valence-electron chi connectivity index (χ4n) is 2.35. The SMILES string of the molecule is COC(=O)c1ccccc1NCCC(=O)Nc1ccc(OC)cc1OC. The highest BCUT2D eigenvalue weighted by Crippen LogP contribution is 2.29. The molecule has 0 aliphatic carbocycles. The number of carbonyl (C=O) groups is 2. The minimum Gasteiger partial charge on any atom is -0.497 e. The van der Waals surface area contributed by atoms with Crippen molar-refractivity contribution >= 4 is 23.3 Å². The summed E-state index contributed by atoms with van der Waals surface area (Å²) >= 11 is 0. The second-order valence-electron chi connectivity index (χ2n) is 5.33. The lowest BCUT2D eigenvalue weighted by Crippen LogP contribution is -2.17. The van der Waals surface area contributed by atoms with Crippen LogP contribution in [0.15, 0.2) is 42.5 Å². The first kappa shape index (κ1) is 19.1. The molecule has 7 nitrogen and oxygen atoms in total. The van der Waals surface area contributed by atoms with Gasteiger partial charge in [-0.1, -0.05) is 12.1 Å². The second-order valence-corrected chi connectivity index (χ2v) is 5.33. The zero-order chi connectivity index (χ0) is 18.9. The third-order valence-electron chi connectivity index (χ3n) is 3.68. The van der Waals surface area contributed by atoms with E-state index in [4.69, 9.17) is 14.2 Å². The van der Waals surface area contributed by atoms with Gasteiger partial charge >= 0.3 is 5.97 Å². The van der Waals surface area contributed by atoms with Crippen LogP contribution in [0, 0.1) is 0 Å². The molecule has 2 aromatic rings. The molecule has 0 unspecified atom stereocenters. The van der Waals surface area contributed by atoms with Gasteiger partial charge in [0.2, 0.25) is 5.91 Å². The van der Waals surface area contributed by atoms with Crippen molar-refractivity contribution in [2.24, 2.45) is 0 Å². The van der Waals surface area contributed by atoms with E-state index in [0.29, 0.717) is 35.0 Å². The standard InChI is InChI=1S/C19H22N2O5/c1-24-13-8-9-16(17(12-13)25-2)21-18(22)10-11-20-15-7-5-4-6-14(15)19(23)26-3/h4-9,12,20H,10-11H2,1-3H3,(H,21,22). The van der Waals surface area contributed by atoms with Gasteiger partial charge in [0.1, 0.15) is 11.5 Å². The Labute approximate surface area is 152 Å². The molecule has 0 atom stereocenters. The number of hydrogen-bond donors (Lipinski definition) is 2. The van der Waals surface area contributed by atoms with Crippen LogP contribution in [0.25, 0.3) is 0 Å². The molecule has 0 saturated carbocycles. The van der Waals surface area contributed by atoms with Crippen LogP contribution in [-0.2, 0) is 9.53 Å². The van der Waals surface area contributed by atoms with E-state index >= 15 is 0 Å². The monoisotopic (exact) mass is 358 g/mol. The Bertz CT molecular complexity index is 776. The van der Waals surface area contributed by atoms with Gasteiger partial charge in [-0.2, -0.15) is 0 Å². The molecule has 0 heterocycles. The summed E-state index contributed by atoms with van der Waals surface area (Å²) in [7, 11) is 4.41. The van der Waals surface area contributed by atoms with Crippen molar-refractivity contribution in [3.63, 3.8) is 0 Å². The molecule has 0 aromatic heterocycles. The highest BCUT2D eigenvalue weighted by molar-refractivity contribution is 5.96. The second kappa shape index (κ2) is 9.31. The third kappa shape index (κ3) is 4.89. The number of benzene rings is 2. The average Bonchev–Trinajstić information content (AvgIpc) is 2.68. The Hall–Kier alpha value is -3.22. The molecule has 2 aromatic carbocycles. The van der Waals surface area contributed by atoms with Gasteiger partial charge in [0.15, 0.2) is 0 Å². The van der Waals surface area contributed by atoms with Crippen molar-refractivity contribution in [2.75, 3.05) is 38.5 Å². The van der Waals surface area contributed by atoms with E-state index in [1.165, 1.54) is 14.2 Å². The first-order chi connectivity index (χ1) is 12.6. The molecule has 2 N–H and O–H groups in total. The molecule has 0 aliphatic rings. The highest BCUT2D eigenvalue weighted by Gasteiger charge is 2.12. The summed E-state index contributed by atoms with van der Waals surface area (Å²) in [5.74, 6) is 0.541. The minimum absolute atomic E-state index is 0.184. The van der Waals surface area contributed by atoms with Crippen molar-refractivity contribution in [1.82, 2.24) is 0 Å². The van der Waals surface area contributed by atoms with Crippen molar-refractivity contribution < 1.29 is 23.8 Å². The molecule has 2 rings (SSSR count). The lowest BCUT2D eigenvalue weighted by Gasteiger charge is -2.13. The van der Waals surface area contributed by atoms with Crippen LogP contribution in [-0.4, -0.2) is 39.8 Å². The highest BCUT2D eigenvalue weighted by atomic mass is 16.5. The van der Waals surface area contributed by atoms with Crippen LogP contribution in [0.5, 0.6) is 11.5 Å². The summed E-state index contributed by atoms with van der Waals surface area (Å²) in [6.07, 6.45) is 0.213. The molecule has 7 heteroatoms. The van der Waals surface area contributed by atoms with Crippen LogP contribution in [0.4, 0.5) is 11.4 Å². The Kier molecular flexibility index (Phi) is 6.84. The lowest BCUT2D eigenvalue weighted by molar-refractivity contribution is -0.116. The Morgan fingerprint density at radius 1 is 0.962 bits per heavy atom. The number of anilines is 2. The summed E-state index contributed by atoms with van der Waals surface area (Å²) in [6.45, 7) is 0.359. The number of methoxy groups -OCH3 is 3. The normalized spacial score (nSPS) is 9.96. The van der Waals surface area contributed by atoms with E-state index in [2.05, 4.69) is 10.6 Å². The largest absolute Gasteiger partial charge is 0.497 e. The number of amides is 1. The molecule has 26 heavy (non-hydrogen) atoms. The number of carbonyl (C=O) groups excluding carboxylic acids is 2. The van der Waals surface area contributed by atoms with Crippen molar-refractivity contribution in [2.45, 2.75) is 6.42 Å². The lowest BCUT2D eigenvalue weighted by atomic mass is 10.1. The van der Waals surface area contributed by atoms with E-state index in [0.717, 1.165) is 0 Å². The zero-order valence-corrected chi connectivity index (χ0v) is 15.0. The molecular weight excluding hydrogens is 336 g/mol. The first-order valence-corrected chi connectivity index (χ1v) is 8.02. The molecule has 0 bridgehead atoms. The third-order valence-corrected chi connectivity index (χ3v) is 3.68. The van der Waals surface area contributed by atoms with Crippen LogP contribution < -0.4 is 20.1 Å². The van der Waals surface area contributed by atoms with Gasteiger partial charge in [-0.3, -0.25) is 4.79 Å². The number of hydrogen-bond acceptors (Lipinski definition) is 6. The summed E-state index contributed by atoms with van der Waals surface area (Å²) in [5, 5.41) is 5.88. The van der Waals surface area contributed by atoms with Crippen molar-refractivity contribution in [3.8, 4) is 11.5 Å². The maximum absolute atomic E-state index is 12.2. The molecule has 0 radical (unpaired) electrons. The molecule has 1 amide bonds. The maximum Gasteiger partial charge on any atom is 0.339 e. The van der Waals surface area contributed by atoms with Crippen LogP contribution in [0.3, 0.4) is 0 Å². The van der Waals surface area contributed by atoms with E-state index < -0.39 is 5.97 Å². The fraction of sp³-hybridized carbons (Fsp3) is 0.263. The molecular formula is C19H22N2O5. The predicted octanol–water partition coefficient (Wildman–Crippen LogP) is 2.93. The average molecular weight is 358 g/mol. The van der Waals surface area contributed by atoms with E-state index in [1.54, 1.807) is 49.6 Å². The first-order valence-electron chi connectivity index (χ1n) is 8.02. The fourth-order valence-corrected chi connectivity index (χ4v) is 2.35. The Balaban J connectivity index is 1.93. The van der Waals surface area contributed by atoms with Gasteiger partial charge in [0.25, 0.3) is 0 Å². The van der Waals surface area contributed by atoms with Crippen molar-refractivity contribution in [3.05, 3.63) is 48.0 Å². The van der Waals surface area contributed by atoms with Crippen LogP contribution in [0.2, 0.25) is 0 Å². The maximum atomic E-state index is 12.2. The van der Waals surface area contributed by atoms with Crippen LogP contribution in [0.1, 0.15) is 16.8 Å². The topological polar surface area (TPSA) is 85.9 Å². The number of rotatable bonds is 8. The minimum atomic E-state index is -0.430. The van der Waals surface area contributed by atoms with E-state index in [1.807, 2.05) is 0 Å². The zero-order valence-electron chi connectivity index (χ0n) is 15.0. The molecule has 0 saturated heterocycles. The quantitative estimate of drug-likeness (QED) is 0.706. The van der Waals surface area contributed by atoms with Gasteiger partial charge in [-0.25, -0.2) is 4.79 Å². The molecule has 0 fully saturated rings. The molecule has 0 aliphatic heterocycles. The summed E-state index contributed by atoms with van der Waals surface area (Å²) < 4.78 is 15.1. The number of ether oxygens (including phenoxy) is 3. The van der Waals surface area contributed by atoms with Crippen molar-refractivity contribution in [1.29, 1.82) is 0 Å². The van der Waals surface area contributed by atoms with Crippen LogP contribution >= 0.6 is 0 Å². The predicted molar refractivity (Wildman–Crippen MR) is 99.1 cm³/mol. The summed E-state index contributed by atoms with van der Waals surface area (Å²) in [5.41, 5.74) is 1.61. The Morgan fingerprint density at radius 2 is 1.73 bits per heavy atom. The Morgan fingerprint density at radius 3 is 2.42 bits per heavy atom. The van der Waals surface area contributed by atoms with Gasteiger partial charge < -0.3 is 24.8 Å². The number of esters is 1. The van der Waals surface area contributed by atoms with E-state index in [9.17, 15) is 9.59 Å².